The quantitative estimate of drug-likeness (QED) is 0.783. The van der Waals surface area contributed by atoms with Gasteiger partial charge in [0.2, 0.25) is 5.91 Å². The van der Waals surface area contributed by atoms with Crippen LogP contribution in [0.15, 0.2) is 10.9 Å². The minimum Gasteiger partial charge on any atom is -0.338 e. The molecule has 1 aromatic rings. The van der Waals surface area contributed by atoms with Crippen LogP contribution in [0, 0.1) is 16.7 Å². The Morgan fingerprint density at radius 3 is 2.87 bits per heavy atom. The number of carbonyl (C=O) groups excluding carboxylic acids is 1. The maximum Gasteiger partial charge on any atom is 0.242 e. The second-order valence-electron chi connectivity index (χ2n) is 3.88. The maximum atomic E-state index is 11.8. The van der Waals surface area contributed by atoms with Crippen molar-refractivity contribution in [3.8, 4) is 6.07 Å². The first-order valence-corrected chi connectivity index (χ1v) is 5.45. The number of aromatic nitrogens is 1. The van der Waals surface area contributed by atoms with Gasteiger partial charge in [0, 0.05) is 12.4 Å². The summed E-state index contributed by atoms with van der Waals surface area (Å²) in [5.41, 5.74) is 1.61. The molecule has 0 radical (unpaired) electrons. The van der Waals surface area contributed by atoms with Gasteiger partial charge in [-0.05, 0) is 13.8 Å². The normalized spacial score (nSPS) is 10.8. The second-order valence-corrected chi connectivity index (χ2v) is 4.60. The van der Waals surface area contributed by atoms with Gasteiger partial charge in [-0.1, -0.05) is 0 Å². The van der Waals surface area contributed by atoms with Gasteiger partial charge < -0.3 is 4.90 Å². The van der Waals surface area contributed by atoms with Crippen LogP contribution >= 0.6 is 11.3 Å². The molecular formula is C10H13N3OS. The van der Waals surface area contributed by atoms with Crippen LogP contribution in [0.4, 0.5) is 0 Å². The highest BCUT2D eigenvalue weighted by Crippen LogP contribution is 2.17. The number of thiazole rings is 1. The lowest BCUT2D eigenvalue weighted by Crippen LogP contribution is -2.37. The van der Waals surface area contributed by atoms with Crippen molar-refractivity contribution in [1.29, 1.82) is 5.26 Å². The molecule has 0 spiro atoms. The fourth-order valence-corrected chi connectivity index (χ4v) is 1.70. The smallest absolute Gasteiger partial charge is 0.242 e. The standard InChI is InChI=1S/C10H13N3OS/c1-10(2,6-11)9(14)13(3)4-8-5-15-7-12-8/h5,7H,4H2,1-3H3. The Morgan fingerprint density at radius 1 is 1.73 bits per heavy atom. The molecule has 1 heterocycles. The van der Waals surface area contributed by atoms with E-state index >= 15 is 0 Å². The van der Waals surface area contributed by atoms with Crippen molar-refractivity contribution in [3.63, 3.8) is 0 Å². The minimum absolute atomic E-state index is 0.182. The molecule has 0 aliphatic rings. The Balaban J connectivity index is 2.67. The fraction of sp³-hybridized carbons (Fsp3) is 0.500. The van der Waals surface area contributed by atoms with E-state index in [0.29, 0.717) is 6.54 Å². The number of rotatable bonds is 3. The van der Waals surface area contributed by atoms with Crippen LogP contribution in [0.3, 0.4) is 0 Å². The number of amides is 1. The highest BCUT2D eigenvalue weighted by Gasteiger charge is 2.30. The highest BCUT2D eigenvalue weighted by molar-refractivity contribution is 7.07. The van der Waals surface area contributed by atoms with Crippen LogP contribution in [0.2, 0.25) is 0 Å². The molecule has 5 heteroatoms. The van der Waals surface area contributed by atoms with Gasteiger partial charge in [-0.25, -0.2) is 4.98 Å². The first kappa shape index (κ1) is 11.7. The Bertz CT molecular complexity index is 378. The first-order chi connectivity index (χ1) is 6.97. The largest absolute Gasteiger partial charge is 0.338 e. The van der Waals surface area contributed by atoms with Crippen molar-refractivity contribution >= 4 is 17.2 Å². The molecule has 0 aliphatic heterocycles. The summed E-state index contributed by atoms with van der Waals surface area (Å²) >= 11 is 1.49. The molecule has 1 aromatic heterocycles. The van der Waals surface area contributed by atoms with E-state index in [1.165, 1.54) is 16.2 Å². The molecule has 80 valence electrons. The summed E-state index contributed by atoms with van der Waals surface area (Å²) in [7, 11) is 1.68. The third-order valence-corrected chi connectivity index (χ3v) is 2.68. The SMILES string of the molecule is CN(Cc1cscn1)C(=O)C(C)(C)C#N. The maximum absolute atomic E-state index is 11.8. The van der Waals surface area contributed by atoms with Gasteiger partial charge in [0.05, 0.1) is 23.8 Å². The van der Waals surface area contributed by atoms with Crippen molar-refractivity contribution in [1.82, 2.24) is 9.88 Å². The highest BCUT2D eigenvalue weighted by atomic mass is 32.1. The van der Waals surface area contributed by atoms with Crippen molar-refractivity contribution in [3.05, 3.63) is 16.6 Å². The number of hydrogen-bond acceptors (Lipinski definition) is 4. The Labute approximate surface area is 93.2 Å². The van der Waals surface area contributed by atoms with Gasteiger partial charge in [-0.3, -0.25) is 4.79 Å². The van der Waals surface area contributed by atoms with Gasteiger partial charge in [-0.15, -0.1) is 11.3 Å². The monoisotopic (exact) mass is 223 g/mol. The predicted octanol–water partition coefficient (Wildman–Crippen LogP) is 1.65. The topological polar surface area (TPSA) is 57.0 Å². The van der Waals surface area contributed by atoms with Crippen molar-refractivity contribution in [2.75, 3.05) is 7.05 Å². The van der Waals surface area contributed by atoms with Gasteiger partial charge in [0.1, 0.15) is 5.41 Å². The Morgan fingerprint density at radius 2 is 2.40 bits per heavy atom. The average molecular weight is 223 g/mol. The number of hydrogen-bond donors (Lipinski definition) is 0. The summed E-state index contributed by atoms with van der Waals surface area (Å²) in [5, 5.41) is 10.7. The van der Waals surface area contributed by atoms with Crippen LogP contribution < -0.4 is 0 Å². The zero-order valence-corrected chi connectivity index (χ0v) is 9.84. The van der Waals surface area contributed by atoms with Crippen LogP contribution in [-0.2, 0) is 11.3 Å². The van der Waals surface area contributed by atoms with E-state index in [0.717, 1.165) is 5.69 Å². The summed E-state index contributed by atoms with van der Waals surface area (Å²) in [6, 6.07) is 1.99. The molecule has 0 bridgehead atoms. The lowest BCUT2D eigenvalue weighted by Gasteiger charge is -2.23. The van der Waals surface area contributed by atoms with Gasteiger partial charge in [0.15, 0.2) is 0 Å². The Hall–Kier alpha value is -1.41. The molecular weight excluding hydrogens is 210 g/mol. The molecule has 1 rings (SSSR count). The molecule has 1 amide bonds. The molecule has 4 nitrogen and oxygen atoms in total. The zero-order chi connectivity index (χ0) is 11.5. The summed E-state index contributed by atoms with van der Waals surface area (Å²) < 4.78 is 0. The van der Waals surface area contributed by atoms with Crippen LogP contribution in [0.25, 0.3) is 0 Å². The van der Waals surface area contributed by atoms with Gasteiger partial charge in [-0.2, -0.15) is 5.26 Å². The van der Waals surface area contributed by atoms with Crippen LogP contribution in [0.5, 0.6) is 0 Å². The second kappa shape index (κ2) is 4.41. The summed E-state index contributed by atoms with van der Waals surface area (Å²) in [6.07, 6.45) is 0. The van der Waals surface area contributed by atoms with E-state index in [2.05, 4.69) is 4.98 Å². The number of nitriles is 1. The fourth-order valence-electron chi connectivity index (χ4n) is 1.16. The van der Waals surface area contributed by atoms with E-state index < -0.39 is 5.41 Å². The molecule has 0 unspecified atom stereocenters. The molecule has 0 aromatic carbocycles. The molecule has 15 heavy (non-hydrogen) atoms. The molecule has 0 saturated heterocycles. The van der Waals surface area contributed by atoms with E-state index in [1.54, 1.807) is 26.4 Å². The van der Waals surface area contributed by atoms with E-state index in [-0.39, 0.29) is 5.91 Å². The van der Waals surface area contributed by atoms with E-state index in [9.17, 15) is 4.79 Å². The first-order valence-electron chi connectivity index (χ1n) is 4.51. The van der Waals surface area contributed by atoms with Crippen molar-refractivity contribution < 1.29 is 4.79 Å². The third-order valence-electron chi connectivity index (χ3n) is 2.04. The molecule has 0 N–H and O–H groups in total. The number of nitrogens with zero attached hydrogens (tertiary/aromatic N) is 3. The number of carbonyl (C=O) groups is 1. The van der Waals surface area contributed by atoms with E-state index in [4.69, 9.17) is 5.26 Å². The van der Waals surface area contributed by atoms with Gasteiger partial charge in [0.25, 0.3) is 0 Å². The minimum atomic E-state index is -0.967. The van der Waals surface area contributed by atoms with Crippen molar-refractivity contribution in [2.45, 2.75) is 20.4 Å². The molecule has 0 saturated carbocycles. The van der Waals surface area contributed by atoms with Gasteiger partial charge >= 0.3 is 0 Å². The lowest BCUT2D eigenvalue weighted by atomic mass is 9.94. The predicted molar refractivity (Wildman–Crippen MR) is 58.0 cm³/mol. The molecule has 0 aliphatic carbocycles. The summed E-state index contributed by atoms with van der Waals surface area (Å²) in [5.74, 6) is -0.182. The third kappa shape index (κ3) is 2.77. The lowest BCUT2D eigenvalue weighted by molar-refractivity contribution is -0.136. The summed E-state index contributed by atoms with van der Waals surface area (Å²) in [4.78, 5) is 17.4. The average Bonchev–Trinajstić information content (AvgIpc) is 2.69. The Kier molecular flexibility index (Phi) is 3.43. The zero-order valence-electron chi connectivity index (χ0n) is 9.02. The molecule has 0 atom stereocenters. The summed E-state index contributed by atoms with van der Waals surface area (Å²) in [6.45, 7) is 3.69. The van der Waals surface area contributed by atoms with Crippen molar-refractivity contribution in [2.24, 2.45) is 5.41 Å². The molecule has 0 fully saturated rings. The van der Waals surface area contributed by atoms with Crippen LogP contribution in [-0.4, -0.2) is 22.8 Å². The van der Waals surface area contributed by atoms with Crippen LogP contribution in [0.1, 0.15) is 19.5 Å². The van der Waals surface area contributed by atoms with E-state index in [1.807, 2.05) is 11.4 Å².